The van der Waals surface area contributed by atoms with Gasteiger partial charge in [0, 0.05) is 32.7 Å². The van der Waals surface area contributed by atoms with E-state index < -0.39 is 0 Å². The molecule has 0 saturated carbocycles. The first-order chi connectivity index (χ1) is 9.79. The van der Waals surface area contributed by atoms with Crippen LogP contribution in [-0.2, 0) is 0 Å². The molecule has 0 atom stereocenters. The van der Waals surface area contributed by atoms with Crippen LogP contribution in [0.5, 0.6) is 0 Å². The Labute approximate surface area is 123 Å². The molecule has 0 aliphatic carbocycles. The van der Waals surface area contributed by atoms with Gasteiger partial charge in [0.1, 0.15) is 12.1 Å². The molecular formula is C14H21N5S. The summed E-state index contributed by atoms with van der Waals surface area (Å²) in [6, 6.07) is 0. The van der Waals surface area contributed by atoms with Crippen LogP contribution in [0.1, 0.15) is 12.0 Å². The fraction of sp³-hybridized carbons (Fsp3) is 0.571. The Morgan fingerprint density at radius 1 is 1.25 bits per heavy atom. The van der Waals surface area contributed by atoms with E-state index in [4.69, 9.17) is 5.73 Å². The van der Waals surface area contributed by atoms with Crippen LogP contribution in [0, 0.1) is 6.92 Å². The first kappa shape index (κ1) is 13.7. The van der Waals surface area contributed by atoms with Gasteiger partial charge in [0.2, 0.25) is 0 Å². The van der Waals surface area contributed by atoms with E-state index in [1.165, 1.54) is 10.3 Å². The minimum absolute atomic E-state index is 0.738. The predicted octanol–water partition coefficient (Wildman–Crippen LogP) is 1.47. The molecule has 2 aromatic rings. The third kappa shape index (κ3) is 2.63. The molecule has 2 aromatic heterocycles. The number of hydrogen-bond donors (Lipinski definition) is 1. The van der Waals surface area contributed by atoms with E-state index in [-0.39, 0.29) is 0 Å². The van der Waals surface area contributed by atoms with Crippen LogP contribution in [0.4, 0.5) is 5.82 Å². The van der Waals surface area contributed by atoms with Crippen molar-refractivity contribution >= 4 is 27.4 Å². The van der Waals surface area contributed by atoms with Crippen molar-refractivity contribution in [3.63, 3.8) is 0 Å². The standard InChI is InChI=1S/C14H21N5S/c1-11-9-20-13-12(11)16-10-17-14(13)19-5-2-4-18(6-3-15)7-8-19/h9-10H,2-8,15H2,1H3. The molecule has 0 radical (unpaired) electrons. The molecule has 1 aliphatic heterocycles. The molecule has 20 heavy (non-hydrogen) atoms. The van der Waals surface area contributed by atoms with Crippen molar-refractivity contribution in [2.45, 2.75) is 13.3 Å². The Kier molecular flexibility index (Phi) is 4.14. The lowest BCUT2D eigenvalue weighted by Gasteiger charge is -2.22. The molecule has 3 heterocycles. The van der Waals surface area contributed by atoms with Gasteiger partial charge in [-0.1, -0.05) is 0 Å². The third-order valence-electron chi connectivity index (χ3n) is 3.85. The van der Waals surface area contributed by atoms with Gasteiger partial charge in [0.15, 0.2) is 0 Å². The fourth-order valence-corrected chi connectivity index (χ4v) is 3.79. The van der Waals surface area contributed by atoms with Crippen LogP contribution in [0.15, 0.2) is 11.7 Å². The van der Waals surface area contributed by atoms with Crippen LogP contribution in [0.3, 0.4) is 0 Å². The summed E-state index contributed by atoms with van der Waals surface area (Å²) in [6.45, 7) is 8.11. The van der Waals surface area contributed by atoms with Gasteiger partial charge in [-0.15, -0.1) is 11.3 Å². The van der Waals surface area contributed by atoms with Gasteiger partial charge in [-0.3, -0.25) is 0 Å². The van der Waals surface area contributed by atoms with Crippen molar-refractivity contribution in [1.82, 2.24) is 14.9 Å². The van der Waals surface area contributed by atoms with Crippen molar-refractivity contribution in [3.8, 4) is 0 Å². The Balaban J connectivity index is 1.84. The Hall–Kier alpha value is -1.24. The summed E-state index contributed by atoms with van der Waals surface area (Å²) in [4.78, 5) is 13.8. The first-order valence-corrected chi connectivity index (χ1v) is 8.03. The van der Waals surface area contributed by atoms with Crippen molar-refractivity contribution in [2.75, 3.05) is 44.2 Å². The summed E-state index contributed by atoms with van der Waals surface area (Å²) >= 11 is 1.75. The molecule has 2 N–H and O–H groups in total. The van der Waals surface area contributed by atoms with E-state index in [1.54, 1.807) is 17.7 Å². The van der Waals surface area contributed by atoms with Crippen molar-refractivity contribution in [1.29, 1.82) is 0 Å². The van der Waals surface area contributed by atoms with Crippen molar-refractivity contribution in [2.24, 2.45) is 5.73 Å². The summed E-state index contributed by atoms with van der Waals surface area (Å²) in [5, 5.41) is 2.17. The monoisotopic (exact) mass is 291 g/mol. The van der Waals surface area contributed by atoms with E-state index in [0.29, 0.717) is 0 Å². The number of hydrogen-bond acceptors (Lipinski definition) is 6. The molecule has 0 unspecified atom stereocenters. The molecule has 1 saturated heterocycles. The van der Waals surface area contributed by atoms with E-state index in [2.05, 4.69) is 32.1 Å². The summed E-state index contributed by atoms with van der Waals surface area (Å²) < 4.78 is 1.22. The zero-order valence-electron chi connectivity index (χ0n) is 11.9. The first-order valence-electron chi connectivity index (χ1n) is 7.16. The van der Waals surface area contributed by atoms with E-state index in [0.717, 1.165) is 57.0 Å². The quantitative estimate of drug-likeness (QED) is 0.928. The maximum atomic E-state index is 5.66. The lowest BCUT2D eigenvalue weighted by atomic mass is 10.3. The normalized spacial score (nSPS) is 17.6. The smallest absolute Gasteiger partial charge is 0.150 e. The molecule has 1 fully saturated rings. The molecule has 0 bridgehead atoms. The zero-order chi connectivity index (χ0) is 13.9. The maximum Gasteiger partial charge on any atom is 0.150 e. The Bertz CT molecular complexity index is 582. The molecule has 5 nitrogen and oxygen atoms in total. The van der Waals surface area contributed by atoms with Crippen LogP contribution >= 0.6 is 11.3 Å². The molecule has 108 valence electrons. The van der Waals surface area contributed by atoms with Gasteiger partial charge < -0.3 is 15.5 Å². The van der Waals surface area contributed by atoms with Gasteiger partial charge >= 0.3 is 0 Å². The highest BCUT2D eigenvalue weighted by atomic mass is 32.1. The molecule has 0 aromatic carbocycles. The summed E-state index contributed by atoms with van der Waals surface area (Å²) in [5.41, 5.74) is 8.00. The highest BCUT2D eigenvalue weighted by Gasteiger charge is 2.18. The maximum absolute atomic E-state index is 5.66. The largest absolute Gasteiger partial charge is 0.354 e. The van der Waals surface area contributed by atoms with Crippen LogP contribution in [0.2, 0.25) is 0 Å². The highest BCUT2D eigenvalue weighted by Crippen LogP contribution is 2.31. The van der Waals surface area contributed by atoms with E-state index in [9.17, 15) is 0 Å². The predicted molar refractivity (Wildman–Crippen MR) is 84.5 cm³/mol. The lowest BCUT2D eigenvalue weighted by Crippen LogP contribution is -2.34. The molecule has 0 amide bonds. The third-order valence-corrected chi connectivity index (χ3v) is 4.93. The lowest BCUT2D eigenvalue weighted by molar-refractivity contribution is 0.302. The molecule has 1 aliphatic rings. The van der Waals surface area contributed by atoms with Crippen LogP contribution < -0.4 is 10.6 Å². The molecule has 3 rings (SSSR count). The Morgan fingerprint density at radius 2 is 2.15 bits per heavy atom. The minimum Gasteiger partial charge on any atom is -0.354 e. The van der Waals surface area contributed by atoms with E-state index in [1.807, 2.05) is 0 Å². The number of thiophene rings is 1. The van der Waals surface area contributed by atoms with Gasteiger partial charge in [0.25, 0.3) is 0 Å². The van der Waals surface area contributed by atoms with Gasteiger partial charge in [-0.25, -0.2) is 9.97 Å². The second kappa shape index (κ2) is 6.03. The van der Waals surface area contributed by atoms with Crippen LogP contribution in [0.25, 0.3) is 10.2 Å². The van der Waals surface area contributed by atoms with Gasteiger partial charge in [-0.2, -0.15) is 0 Å². The average molecular weight is 291 g/mol. The van der Waals surface area contributed by atoms with E-state index >= 15 is 0 Å². The average Bonchev–Trinajstić information content (AvgIpc) is 2.70. The SMILES string of the molecule is Cc1csc2c(N3CCCN(CCN)CC3)ncnc12. The molecular weight excluding hydrogens is 270 g/mol. The number of anilines is 1. The summed E-state index contributed by atoms with van der Waals surface area (Å²) in [7, 11) is 0. The van der Waals surface area contributed by atoms with Crippen LogP contribution in [-0.4, -0.2) is 54.1 Å². The van der Waals surface area contributed by atoms with Gasteiger partial charge in [0.05, 0.1) is 10.2 Å². The zero-order valence-corrected chi connectivity index (χ0v) is 12.7. The molecule has 6 heteroatoms. The summed E-state index contributed by atoms with van der Waals surface area (Å²) in [5.74, 6) is 1.10. The number of rotatable bonds is 3. The fourth-order valence-electron chi connectivity index (χ4n) is 2.77. The number of fused-ring (bicyclic) bond motifs is 1. The van der Waals surface area contributed by atoms with Crippen molar-refractivity contribution < 1.29 is 0 Å². The second-order valence-electron chi connectivity index (χ2n) is 5.26. The number of aryl methyl sites for hydroxylation is 1. The number of aromatic nitrogens is 2. The number of nitrogens with zero attached hydrogens (tertiary/aromatic N) is 4. The number of nitrogens with two attached hydrogens (primary N) is 1. The van der Waals surface area contributed by atoms with Gasteiger partial charge in [-0.05, 0) is 30.8 Å². The highest BCUT2D eigenvalue weighted by molar-refractivity contribution is 7.18. The topological polar surface area (TPSA) is 58.3 Å². The Morgan fingerprint density at radius 3 is 3.00 bits per heavy atom. The minimum atomic E-state index is 0.738. The second-order valence-corrected chi connectivity index (χ2v) is 6.14. The summed E-state index contributed by atoms with van der Waals surface area (Å²) in [6.07, 6.45) is 2.86. The molecule has 0 spiro atoms. The van der Waals surface area contributed by atoms with Crippen molar-refractivity contribution in [3.05, 3.63) is 17.3 Å².